The van der Waals surface area contributed by atoms with Crippen LogP contribution in [0.1, 0.15) is 55.5 Å². The van der Waals surface area contributed by atoms with Crippen molar-refractivity contribution in [3.05, 3.63) is 94.8 Å². The van der Waals surface area contributed by atoms with Gasteiger partial charge in [0.1, 0.15) is 5.82 Å². The van der Waals surface area contributed by atoms with Gasteiger partial charge in [-0.1, -0.05) is 30.2 Å². The van der Waals surface area contributed by atoms with Gasteiger partial charge in [0.15, 0.2) is 0 Å². The van der Waals surface area contributed by atoms with Crippen LogP contribution in [0.2, 0.25) is 0 Å². The van der Waals surface area contributed by atoms with E-state index in [4.69, 9.17) is 4.98 Å². The molecule has 3 aromatic rings. The first-order chi connectivity index (χ1) is 15.1. The van der Waals surface area contributed by atoms with E-state index in [9.17, 15) is 4.39 Å². The van der Waals surface area contributed by atoms with Gasteiger partial charge in [0.05, 0.1) is 17.6 Å². The lowest BCUT2D eigenvalue weighted by molar-refractivity contribution is 0.278. The molecule has 0 radical (unpaired) electrons. The molecule has 0 spiro atoms. The number of rotatable bonds is 2. The molecule has 1 unspecified atom stereocenters. The molecule has 3 aliphatic rings. The molecule has 1 saturated carbocycles. The van der Waals surface area contributed by atoms with Crippen molar-refractivity contribution in [2.45, 2.75) is 44.9 Å². The summed E-state index contributed by atoms with van der Waals surface area (Å²) in [6.07, 6.45) is 14.4. The van der Waals surface area contributed by atoms with E-state index in [-0.39, 0.29) is 11.2 Å². The number of aromatic nitrogens is 3. The zero-order chi connectivity index (χ0) is 21.0. The highest BCUT2D eigenvalue weighted by molar-refractivity contribution is 5.63. The second kappa shape index (κ2) is 7.01. The summed E-state index contributed by atoms with van der Waals surface area (Å²) in [7, 11) is 0. The van der Waals surface area contributed by atoms with Crippen LogP contribution in [0.3, 0.4) is 0 Å². The van der Waals surface area contributed by atoms with Gasteiger partial charge in [0.25, 0.3) is 0 Å². The Morgan fingerprint density at radius 2 is 1.94 bits per heavy atom. The summed E-state index contributed by atoms with van der Waals surface area (Å²) >= 11 is 0. The quantitative estimate of drug-likeness (QED) is 0.466. The smallest absolute Gasteiger partial charge is 0.123 e. The highest BCUT2D eigenvalue weighted by Gasteiger charge is 2.47. The Morgan fingerprint density at radius 1 is 1.06 bits per heavy atom. The monoisotopic (exact) mass is 411 g/mol. The average Bonchev–Trinajstić information content (AvgIpc) is 3.20. The molecule has 3 nitrogen and oxygen atoms in total. The normalized spacial score (nSPS) is 26.9. The standard InChI is InChI=1S/C27H26FN3/c1-27-16-18-17-30-31(21-11-9-20(28)10-12-21)26(18)15-19(27)8-13-22-23(5-4-6-24(22)27)25-7-2-3-14-29-25/h2-3,6-7,9-12,14-15,17,22-23H,4-5,8,13,16H2,1H3/t22-,23?,27+/m1/s1. The number of fused-ring (bicyclic) bond motifs is 4. The summed E-state index contributed by atoms with van der Waals surface area (Å²) in [5.74, 6) is 0.864. The first-order valence-electron chi connectivity index (χ1n) is 11.3. The number of hydrogen-bond acceptors (Lipinski definition) is 2. The van der Waals surface area contributed by atoms with Gasteiger partial charge in [0.2, 0.25) is 0 Å². The fraction of sp³-hybridized carbons (Fsp3) is 0.333. The number of allylic oxidation sites excluding steroid dienone is 3. The van der Waals surface area contributed by atoms with Crippen LogP contribution in [0, 0.1) is 17.2 Å². The summed E-state index contributed by atoms with van der Waals surface area (Å²) in [5, 5.41) is 4.67. The number of hydrogen-bond donors (Lipinski definition) is 0. The van der Waals surface area contributed by atoms with Crippen molar-refractivity contribution in [1.29, 1.82) is 0 Å². The Hall–Kier alpha value is -3.01. The molecular weight excluding hydrogens is 385 g/mol. The summed E-state index contributed by atoms with van der Waals surface area (Å²) in [4.78, 5) is 4.72. The summed E-state index contributed by atoms with van der Waals surface area (Å²) in [6.45, 7) is 2.43. The zero-order valence-corrected chi connectivity index (χ0v) is 17.8. The highest BCUT2D eigenvalue weighted by Crippen LogP contribution is 2.57. The van der Waals surface area contributed by atoms with Gasteiger partial charge in [-0.2, -0.15) is 5.10 Å². The maximum atomic E-state index is 13.4. The fourth-order valence-corrected chi connectivity index (χ4v) is 6.16. The number of halogens is 1. The third kappa shape index (κ3) is 2.92. The molecule has 3 atom stereocenters. The molecule has 4 heteroatoms. The summed E-state index contributed by atoms with van der Waals surface area (Å²) in [6, 6.07) is 12.9. The first-order valence-corrected chi connectivity index (χ1v) is 11.3. The van der Waals surface area contributed by atoms with Gasteiger partial charge >= 0.3 is 0 Å². The molecule has 0 saturated heterocycles. The minimum absolute atomic E-state index is 0.0556. The van der Waals surface area contributed by atoms with E-state index in [1.807, 2.05) is 23.1 Å². The van der Waals surface area contributed by atoms with Crippen molar-refractivity contribution in [3.8, 4) is 5.69 Å². The Kier molecular flexibility index (Phi) is 4.24. The van der Waals surface area contributed by atoms with Crippen molar-refractivity contribution < 1.29 is 4.39 Å². The van der Waals surface area contributed by atoms with Gasteiger partial charge in [0, 0.05) is 23.2 Å². The van der Waals surface area contributed by atoms with E-state index in [0.29, 0.717) is 11.8 Å². The minimum Gasteiger partial charge on any atom is -0.261 e. The molecule has 1 aromatic carbocycles. The van der Waals surface area contributed by atoms with Gasteiger partial charge in [-0.3, -0.25) is 4.98 Å². The molecule has 0 N–H and O–H groups in total. The Morgan fingerprint density at radius 3 is 2.74 bits per heavy atom. The van der Waals surface area contributed by atoms with Crippen LogP contribution < -0.4 is 0 Å². The largest absolute Gasteiger partial charge is 0.261 e. The number of benzene rings is 1. The molecular formula is C27H26FN3. The predicted octanol–water partition coefficient (Wildman–Crippen LogP) is 6.27. The van der Waals surface area contributed by atoms with Crippen LogP contribution in [0.25, 0.3) is 11.8 Å². The van der Waals surface area contributed by atoms with Crippen LogP contribution in [0.5, 0.6) is 0 Å². The highest BCUT2D eigenvalue weighted by atomic mass is 19.1. The third-order valence-corrected chi connectivity index (χ3v) is 7.68. The lowest BCUT2D eigenvalue weighted by atomic mass is 9.55. The lowest BCUT2D eigenvalue weighted by Gasteiger charge is -2.49. The van der Waals surface area contributed by atoms with Gasteiger partial charge < -0.3 is 0 Å². The van der Waals surface area contributed by atoms with Crippen LogP contribution >= 0.6 is 0 Å². The van der Waals surface area contributed by atoms with Crippen molar-refractivity contribution in [2.75, 3.05) is 0 Å². The molecule has 1 fully saturated rings. The van der Waals surface area contributed by atoms with Crippen molar-refractivity contribution in [2.24, 2.45) is 11.3 Å². The second-order valence-corrected chi connectivity index (χ2v) is 9.36. The van der Waals surface area contributed by atoms with Crippen LogP contribution in [0.15, 0.2) is 72.1 Å². The minimum atomic E-state index is -0.222. The topological polar surface area (TPSA) is 30.7 Å². The van der Waals surface area contributed by atoms with Crippen LogP contribution in [-0.2, 0) is 6.42 Å². The Labute approximate surface area is 182 Å². The zero-order valence-electron chi connectivity index (χ0n) is 17.8. The maximum absolute atomic E-state index is 13.4. The molecule has 6 rings (SSSR count). The molecule has 2 aromatic heterocycles. The average molecular weight is 412 g/mol. The predicted molar refractivity (Wildman–Crippen MR) is 120 cm³/mol. The van der Waals surface area contributed by atoms with Crippen molar-refractivity contribution in [3.63, 3.8) is 0 Å². The SMILES string of the molecule is C[C@]12Cc3cnn(-c4ccc(F)cc4)c3C=C1CC[C@H]1C2=CCCC1c1ccccn1. The van der Waals surface area contributed by atoms with E-state index in [2.05, 4.69) is 36.3 Å². The van der Waals surface area contributed by atoms with E-state index < -0.39 is 0 Å². The molecule has 2 heterocycles. The molecule has 156 valence electrons. The van der Waals surface area contributed by atoms with Gasteiger partial charge in [-0.25, -0.2) is 9.07 Å². The first kappa shape index (κ1) is 18.7. The third-order valence-electron chi connectivity index (χ3n) is 7.68. The fourth-order valence-electron chi connectivity index (χ4n) is 6.16. The van der Waals surface area contributed by atoms with Crippen molar-refractivity contribution >= 4 is 6.08 Å². The van der Waals surface area contributed by atoms with Crippen LogP contribution in [0.4, 0.5) is 4.39 Å². The molecule has 0 bridgehead atoms. The van der Waals surface area contributed by atoms with E-state index in [1.54, 1.807) is 17.7 Å². The molecule has 0 amide bonds. The summed E-state index contributed by atoms with van der Waals surface area (Å²) in [5.41, 5.74) is 7.74. The summed E-state index contributed by atoms with van der Waals surface area (Å²) < 4.78 is 15.4. The van der Waals surface area contributed by atoms with Crippen molar-refractivity contribution in [1.82, 2.24) is 14.8 Å². The molecule has 3 aliphatic carbocycles. The van der Waals surface area contributed by atoms with E-state index >= 15 is 0 Å². The molecule has 31 heavy (non-hydrogen) atoms. The second-order valence-electron chi connectivity index (χ2n) is 9.36. The number of nitrogens with zero attached hydrogens (tertiary/aromatic N) is 3. The Balaban J connectivity index is 1.38. The van der Waals surface area contributed by atoms with Crippen LogP contribution in [-0.4, -0.2) is 14.8 Å². The molecule has 0 aliphatic heterocycles. The van der Waals surface area contributed by atoms with E-state index in [0.717, 1.165) is 30.6 Å². The van der Waals surface area contributed by atoms with E-state index in [1.165, 1.54) is 41.8 Å². The lowest BCUT2D eigenvalue weighted by Crippen LogP contribution is -2.39. The Bertz CT molecular complexity index is 1190. The van der Waals surface area contributed by atoms with Gasteiger partial charge in [-0.05, 0) is 86.1 Å². The number of pyridine rings is 1. The maximum Gasteiger partial charge on any atom is 0.123 e. The van der Waals surface area contributed by atoms with Gasteiger partial charge in [-0.15, -0.1) is 0 Å².